The van der Waals surface area contributed by atoms with Crippen molar-refractivity contribution in [3.8, 4) is 0 Å². The maximum absolute atomic E-state index is 5.49. The summed E-state index contributed by atoms with van der Waals surface area (Å²) < 4.78 is 0. The van der Waals surface area contributed by atoms with Gasteiger partial charge in [0.05, 0.1) is 12.4 Å². The second-order valence-electron chi connectivity index (χ2n) is 9.98. The average molecular weight is 466 g/mol. The van der Waals surface area contributed by atoms with Gasteiger partial charge in [-0.3, -0.25) is 4.99 Å². The second-order valence-corrected chi connectivity index (χ2v) is 9.98. The van der Waals surface area contributed by atoms with Crippen LogP contribution in [0.4, 0.5) is 0 Å². The van der Waals surface area contributed by atoms with E-state index in [0.29, 0.717) is 6.54 Å². The summed E-state index contributed by atoms with van der Waals surface area (Å²) in [5.74, 6) is 1.36. The predicted molar refractivity (Wildman–Crippen MR) is 147 cm³/mol. The van der Waals surface area contributed by atoms with Crippen molar-refractivity contribution in [1.82, 2.24) is 15.5 Å². The minimum atomic E-state index is 0.715. The number of hydrogen-bond acceptors (Lipinski definition) is 5. The summed E-state index contributed by atoms with van der Waals surface area (Å²) in [6.07, 6.45) is 25.6. The van der Waals surface area contributed by atoms with E-state index in [1.807, 2.05) is 0 Å². The van der Waals surface area contributed by atoms with Crippen molar-refractivity contribution in [3.05, 3.63) is 0 Å². The Morgan fingerprint density at radius 3 is 1.67 bits per heavy atom. The van der Waals surface area contributed by atoms with E-state index in [4.69, 9.17) is 10.7 Å². The molecule has 0 spiro atoms. The number of unbranched alkanes of at least 4 members (excludes halogenated alkanes) is 16. The molecule has 0 unspecified atom stereocenters. The molecule has 1 aliphatic rings. The summed E-state index contributed by atoms with van der Waals surface area (Å²) in [4.78, 5) is 7.25. The lowest BCUT2D eigenvalue weighted by Crippen LogP contribution is -2.37. The maximum atomic E-state index is 5.49. The van der Waals surface area contributed by atoms with Gasteiger partial charge in [0.1, 0.15) is 0 Å². The molecule has 5 nitrogen and oxygen atoms in total. The molecule has 0 aliphatic carbocycles. The van der Waals surface area contributed by atoms with Crippen molar-refractivity contribution in [2.24, 2.45) is 10.7 Å². The Kier molecular flexibility index (Phi) is 22.5. The largest absolute Gasteiger partial charge is 0.357 e. The van der Waals surface area contributed by atoms with Crippen LogP contribution in [0.5, 0.6) is 0 Å². The molecular weight excluding hydrogens is 406 g/mol. The van der Waals surface area contributed by atoms with Crippen LogP contribution < -0.4 is 16.4 Å². The molecule has 1 rings (SSSR count). The van der Waals surface area contributed by atoms with E-state index in [1.165, 1.54) is 121 Å². The third kappa shape index (κ3) is 19.4. The molecule has 4 N–H and O–H groups in total. The third-order valence-corrected chi connectivity index (χ3v) is 6.89. The molecule has 33 heavy (non-hydrogen) atoms. The molecule has 0 aromatic carbocycles. The molecule has 0 radical (unpaired) electrons. The first-order valence-electron chi connectivity index (χ1n) is 14.8. The number of rotatable bonds is 26. The molecule has 0 fully saturated rings. The topological polar surface area (TPSA) is 65.7 Å². The first kappa shape index (κ1) is 30.4. The Hall–Kier alpha value is -0.650. The quantitative estimate of drug-likeness (QED) is 0.140. The highest BCUT2D eigenvalue weighted by Gasteiger charge is 2.15. The summed E-state index contributed by atoms with van der Waals surface area (Å²) >= 11 is 0. The van der Waals surface area contributed by atoms with Gasteiger partial charge in [-0.2, -0.15) is 0 Å². The highest BCUT2D eigenvalue weighted by Crippen LogP contribution is 2.15. The van der Waals surface area contributed by atoms with E-state index in [9.17, 15) is 0 Å². The monoisotopic (exact) mass is 465 g/mol. The maximum Gasteiger partial charge on any atom is 0.0990 e. The molecule has 196 valence electrons. The number of amidine groups is 1. The highest BCUT2D eigenvalue weighted by atomic mass is 15.2. The lowest BCUT2D eigenvalue weighted by atomic mass is 10.0. The average Bonchev–Trinajstić information content (AvgIpc) is 3.27. The summed E-state index contributed by atoms with van der Waals surface area (Å²) in [6, 6.07) is 0. The second kappa shape index (κ2) is 24.5. The highest BCUT2D eigenvalue weighted by molar-refractivity contribution is 5.83. The van der Waals surface area contributed by atoms with Crippen LogP contribution in [0.2, 0.25) is 0 Å². The van der Waals surface area contributed by atoms with E-state index in [-0.39, 0.29) is 0 Å². The van der Waals surface area contributed by atoms with Crippen LogP contribution in [-0.4, -0.2) is 63.1 Å². The number of aliphatic imine (C=N–C) groups is 1. The van der Waals surface area contributed by atoms with Crippen molar-refractivity contribution in [1.29, 1.82) is 0 Å². The van der Waals surface area contributed by atoms with E-state index < -0.39 is 0 Å². The Morgan fingerprint density at radius 2 is 1.15 bits per heavy atom. The number of nitrogens with one attached hydrogen (secondary N) is 2. The molecule has 0 aromatic heterocycles. The van der Waals surface area contributed by atoms with Crippen molar-refractivity contribution in [2.45, 2.75) is 122 Å². The number of nitrogens with zero attached hydrogens (tertiary/aromatic N) is 2. The van der Waals surface area contributed by atoms with Crippen LogP contribution in [0, 0.1) is 0 Å². The Balaban J connectivity index is 1.80. The van der Waals surface area contributed by atoms with Crippen molar-refractivity contribution in [3.63, 3.8) is 0 Å². The fourth-order valence-electron chi connectivity index (χ4n) is 4.76. The van der Waals surface area contributed by atoms with Gasteiger partial charge in [-0.05, 0) is 6.42 Å². The zero-order chi connectivity index (χ0) is 23.7. The predicted octanol–water partition coefficient (Wildman–Crippen LogP) is 5.88. The number of hydrogen-bond donors (Lipinski definition) is 3. The van der Waals surface area contributed by atoms with E-state index in [1.54, 1.807) is 0 Å². The minimum absolute atomic E-state index is 0.715. The molecule has 0 amide bonds. The molecule has 0 aromatic rings. The Bertz CT molecular complexity index is 427. The van der Waals surface area contributed by atoms with Gasteiger partial charge in [0, 0.05) is 52.2 Å². The normalized spacial score (nSPS) is 13.8. The molecule has 0 atom stereocenters. The SMILES string of the molecule is CCCCCCCCCCCCCCCCCCCC1=NCCN1CCNCCNCCN. The fourth-order valence-corrected chi connectivity index (χ4v) is 4.76. The smallest absolute Gasteiger partial charge is 0.0990 e. The summed E-state index contributed by atoms with van der Waals surface area (Å²) in [5.41, 5.74) is 5.49. The Morgan fingerprint density at radius 1 is 0.667 bits per heavy atom. The van der Waals surface area contributed by atoms with Gasteiger partial charge >= 0.3 is 0 Å². The van der Waals surface area contributed by atoms with E-state index in [2.05, 4.69) is 22.5 Å². The van der Waals surface area contributed by atoms with Gasteiger partial charge in [0.25, 0.3) is 0 Å². The summed E-state index contributed by atoms with van der Waals surface area (Å²) in [7, 11) is 0. The molecule has 0 saturated heterocycles. The standard InChI is InChI=1S/C28H59N5/c1-2-3-4-5-6-7-8-9-10-11-12-13-14-15-16-17-18-19-28-32-25-27-33(28)26-24-31-23-22-30-21-20-29/h30-31H,2-27,29H2,1H3. The zero-order valence-corrected chi connectivity index (χ0v) is 22.4. The van der Waals surface area contributed by atoms with Crippen molar-refractivity contribution < 1.29 is 0 Å². The van der Waals surface area contributed by atoms with E-state index in [0.717, 1.165) is 45.8 Å². The van der Waals surface area contributed by atoms with Gasteiger partial charge in [-0.15, -0.1) is 0 Å². The van der Waals surface area contributed by atoms with Crippen molar-refractivity contribution in [2.75, 3.05) is 52.4 Å². The van der Waals surface area contributed by atoms with Gasteiger partial charge in [0.2, 0.25) is 0 Å². The summed E-state index contributed by atoms with van der Waals surface area (Å²) in [5, 5.41) is 6.84. The van der Waals surface area contributed by atoms with Gasteiger partial charge in [0.15, 0.2) is 0 Å². The lowest BCUT2D eigenvalue weighted by molar-refractivity contribution is 0.432. The molecule has 1 aliphatic heterocycles. The van der Waals surface area contributed by atoms with Crippen LogP contribution in [0.3, 0.4) is 0 Å². The fraction of sp³-hybridized carbons (Fsp3) is 0.964. The third-order valence-electron chi connectivity index (χ3n) is 6.89. The lowest BCUT2D eigenvalue weighted by Gasteiger charge is -2.20. The number of nitrogens with two attached hydrogens (primary N) is 1. The van der Waals surface area contributed by atoms with Gasteiger partial charge in [-0.1, -0.05) is 110 Å². The van der Waals surface area contributed by atoms with Crippen LogP contribution in [0.15, 0.2) is 4.99 Å². The molecule has 0 saturated carbocycles. The van der Waals surface area contributed by atoms with Crippen LogP contribution in [0.25, 0.3) is 0 Å². The molecular formula is C28H59N5. The van der Waals surface area contributed by atoms with Crippen LogP contribution in [0.1, 0.15) is 122 Å². The van der Waals surface area contributed by atoms with Crippen molar-refractivity contribution >= 4 is 5.84 Å². The van der Waals surface area contributed by atoms with Crippen LogP contribution >= 0.6 is 0 Å². The minimum Gasteiger partial charge on any atom is -0.357 e. The zero-order valence-electron chi connectivity index (χ0n) is 22.4. The van der Waals surface area contributed by atoms with Gasteiger partial charge < -0.3 is 21.3 Å². The molecule has 0 bridgehead atoms. The van der Waals surface area contributed by atoms with E-state index >= 15 is 0 Å². The first-order valence-corrected chi connectivity index (χ1v) is 14.8. The van der Waals surface area contributed by atoms with Crippen LogP contribution in [-0.2, 0) is 0 Å². The van der Waals surface area contributed by atoms with Gasteiger partial charge in [-0.25, -0.2) is 0 Å². The molecule has 5 heteroatoms. The molecule has 1 heterocycles. The Labute approximate surface area is 207 Å². The summed E-state index contributed by atoms with van der Waals surface area (Å²) in [6.45, 7) is 10.2. The first-order chi connectivity index (χ1) is 16.4.